The lowest BCUT2D eigenvalue weighted by molar-refractivity contribution is -0.153. The Bertz CT molecular complexity index is 436. The van der Waals surface area contributed by atoms with Crippen LogP contribution >= 0.6 is 0 Å². The van der Waals surface area contributed by atoms with Gasteiger partial charge in [-0.2, -0.15) is 0 Å². The van der Waals surface area contributed by atoms with Gasteiger partial charge in [0.25, 0.3) is 0 Å². The molecule has 0 unspecified atom stereocenters. The Morgan fingerprint density at radius 1 is 1.23 bits per heavy atom. The number of hydrogen-bond donors (Lipinski definition) is 1. The van der Waals surface area contributed by atoms with E-state index in [1.165, 1.54) is 32.1 Å². The average molecular weight is 306 g/mol. The Hall–Kier alpha value is -0.610. The molecule has 0 radical (unpaired) electrons. The number of piperidine rings is 1. The van der Waals surface area contributed by atoms with Gasteiger partial charge in [0.05, 0.1) is 11.0 Å². The van der Waals surface area contributed by atoms with E-state index in [1.807, 2.05) is 0 Å². The van der Waals surface area contributed by atoms with Gasteiger partial charge < -0.3 is 15.0 Å². The van der Waals surface area contributed by atoms with Crippen LogP contribution in [0.3, 0.4) is 0 Å². The highest BCUT2D eigenvalue weighted by atomic mass is 16.5. The molecule has 3 atom stereocenters. The molecule has 4 rings (SSSR count). The van der Waals surface area contributed by atoms with Gasteiger partial charge in [-0.05, 0) is 57.8 Å². The molecule has 0 aromatic heterocycles. The normalized spacial score (nSPS) is 40.3. The van der Waals surface area contributed by atoms with Crippen LogP contribution in [0, 0.1) is 5.41 Å². The van der Waals surface area contributed by atoms with E-state index < -0.39 is 0 Å². The smallest absolute Gasteiger partial charge is 0.230 e. The molecule has 0 aromatic rings. The fraction of sp³-hybridized carbons (Fsp3) is 0.944. The molecule has 124 valence electrons. The third-order valence-electron chi connectivity index (χ3n) is 6.97. The number of hydrogen-bond acceptors (Lipinski definition) is 3. The van der Waals surface area contributed by atoms with Crippen LogP contribution in [0.25, 0.3) is 0 Å². The number of amides is 1. The highest BCUT2D eigenvalue weighted by molar-refractivity contribution is 5.84. The molecule has 4 heteroatoms. The van der Waals surface area contributed by atoms with Crippen LogP contribution in [0.1, 0.15) is 64.7 Å². The van der Waals surface area contributed by atoms with Gasteiger partial charge in [-0.1, -0.05) is 6.92 Å². The molecule has 4 heterocycles. The van der Waals surface area contributed by atoms with E-state index in [0.29, 0.717) is 18.0 Å². The molecule has 4 nitrogen and oxygen atoms in total. The van der Waals surface area contributed by atoms with Crippen LogP contribution < -0.4 is 5.32 Å². The van der Waals surface area contributed by atoms with E-state index >= 15 is 0 Å². The molecule has 2 bridgehead atoms. The summed E-state index contributed by atoms with van der Waals surface area (Å²) in [5.74, 6) is 0.431. The number of rotatable bonds is 2. The second-order valence-corrected chi connectivity index (χ2v) is 7.99. The SMILES string of the molecule is CC[C@@]1(C(=O)N2CCC3(CCCCO3)CC2)C[C@@H]2CC[C@H]1N2. The standard InChI is InChI=1S/C18H30N2O2/c1-2-18(13-14-5-6-15(18)19-14)16(21)20-10-8-17(9-11-20)7-3-4-12-22-17/h14-15,19H,2-13H2,1H3/t14-,15+,18+/m0/s1. The molecule has 1 spiro atoms. The summed E-state index contributed by atoms with van der Waals surface area (Å²) in [6.07, 6.45) is 10.3. The van der Waals surface area contributed by atoms with Crippen molar-refractivity contribution in [2.24, 2.45) is 5.41 Å². The monoisotopic (exact) mass is 306 g/mol. The minimum Gasteiger partial charge on any atom is -0.375 e. The van der Waals surface area contributed by atoms with Crippen LogP contribution in [0.5, 0.6) is 0 Å². The lowest BCUT2D eigenvalue weighted by Crippen LogP contribution is -2.55. The lowest BCUT2D eigenvalue weighted by Gasteiger charge is -2.46. The van der Waals surface area contributed by atoms with Crippen molar-refractivity contribution in [1.29, 1.82) is 0 Å². The third kappa shape index (κ3) is 2.22. The van der Waals surface area contributed by atoms with Gasteiger partial charge in [0, 0.05) is 31.8 Å². The number of nitrogens with one attached hydrogen (secondary N) is 1. The average Bonchev–Trinajstić information content (AvgIpc) is 3.17. The van der Waals surface area contributed by atoms with Crippen LogP contribution in [0.2, 0.25) is 0 Å². The molecule has 4 saturated heterocycles. The van der Waals surface area contributed by atoms with Crippen molar-refractivity contribution in [2.75, 3.05) is 19.7 Å². The fourth-order valence-corrected chi connectivity index (χ4v) is 5.51. The summed E-state index contributed by atoms with van der Waals surface area (Å²) in [4.78, 5) is 15.4. The summed E-state index contributed by atoms with van der Waals surface area (Å²) in [7, 11) is 0. The molecule has 4 aliphatic heterocycles. The molecule has 1 N–H and O–H groups in total. The second-order valence-electron chi connectivity index (χ2n) is 7.99. The van der Waals surface area contributed by atoms with Gasteiger partial charge in [0.15, 0.2) is 0 Å². The van der Waals surface area contributed by atoms with E-state index in [1.54, 1.807) is 0 Å². The van der Waals surface area contributed by atoms with Crippen molar-refractivity contribution in [2.45, 2.75) is 82.4 Å². The van der Waals surface area contributed by atoms with Gasteiger partial charge in [-0.3, -0.25) is 4.79 Å². The van der Waals surface area contributed by atoms with Crippen molar-refractivity contribution in [1.82, 2.24) is 10.2 Å². The number of likely N-dealkylation sites (tertiary alicyclic amines) is 1. The molecular formula is C18H30N2O2. The number of fused-ring (bicyclic) bond motifs is 2. The first-order valence-corrected chi connectivity index (χ1v) is 9.37. The van der Waals surface area contributed by atoms with Gasteiger partial charge in [-0.15, -0.1) is 0 Å². The summed E-state index contributed by atoms with van der Waals surface area (Å²) in [5, 5.41) is 3.67. The van der Waals surface area contributed by atoms with E-state index in [-0.39, 0.29) is 11.0 Å². The highest BCUT2D eigenvalue weighted by Crippen LogP contribution is 2.47. The molecule has 4 aliphatic rings. The van der Waals surface area contributed by atoms with Gasteiger partial charge in [0.1, 0.15) is 0 Å². The Labute approximate surface area is 134 Å². The van der Waals surface area contributed by atoms with Crippen molar-refractivity contribution >= 4 is 5.91 Å². The zero-order valence-electron chi connectivity index (χ0n) is 13.9. The van der Waals surface area contributed by atoms with Crippen molar-refractivity contribution in [3.8, 4) is 0 Å². The Kier molecular flexibility index (Phi) is 3.73. The van der Waals surface area contributed by atoms with E-state index in [9.17, 15) is 4.79 Å². The zero-order valence-corrected chi connectivity index (χ0v) is 13.9. The Morgan fingerprint density at radius 3 is 2.59 bits per heavy atom. The molecule has 0 aliphatic carbocycles. The van der Waals surface area contributed by atoms with Crippen LogP contribution in [0.4, 0.5) is 0 Å². The van der Waals surface area contributed by atoms with Crippen molar-refractivity contribution in [3.63, 3.8) is 0 Å². The summed E-state index contributed by atoms with van der Waals surface area (Å²) in [5.41, 5.74) is -0.0117. The topological polar surface area (TPSA) is 41.6 Å². The quantitative estimate of drug-likeness (QED) is 0.852. The fourth-order valence-electron chi connectivity index (χ4n) is 5.51. The number of nitrogens with zero attached hydrogens (tertiary/aromatic N) is 1. The number of carbonyl (C=O) groups excluding carboxylic acids is 1. The van der Waals surface area contributed by atoms with Crippen LogP contribution in [-0.2, 0) is 9.53 Å². The Morgan fingerprint density at radius 2 is 2.05 bits per heavy atom. The summed E-state index contributed by atoms with van der Waals surface area (Å²) in [6.45, 7) is 4.92. The Balaban J connectivity index is 1.43. The molecule has 0 aromatic carbocycles. The first-order chi connectivity index (χ1) is 10.7. The van der Waals surface area contributed by atoms with Crippen LogP contribution in [-0.4, -0.2) is 48.2 Å². The van der Waals surface area contributed by atoms with Gasteiger partial charge >= 0.3 is 0 Å². The molecule has 0 saturated carbocycles. The maximum Gasteiger partial charge on any atom is 0.230 e. The molecular weight excluding hydrogens is 276 g/mol. The van der Waals surface area contributed by atoms with Gasteiger partial charge in [0.2, 0.25) is 5.91 Å². The molecule has 1 amide bonds. The van der Waals surface area contributed by atoms with E-state index in [2.05, 4.69) is 17.1 Å². The lowest BCUT2D eigenvalue weighted by atomic mass is 9.70. The summed E-state index contributed by atoms with van der Waals surface area (Å²) < 4.78 is 6.11. The number of ether oxygens (including phenoxy) is 1. The highest BCUT2D eigenvalue weighted by Gasteiger charge is 2.56. The van der Waals surface area contributed by atoms with Crippen molar-refractivity contribution in [3.05, 3.63) is 0 Å². The molecule has 22 heavy (non-hydrogen) atoms. The number of carbonyl (C=O) groups is 1. The predicted octanol–water partition coefficient (Wildman–Crippen LogP) is 2.47. The van der Waals surface area contributed by atoms with Crippen molar-refractivity contribution < 1.29 is 9.53 Å². The van der Waals surface area contributed by atoms with Gasteiger partial charge in [-0.25, -0.2) is 0 Å². The first kappa shape index (κ1) is 14.9. The predicted molar refractivity (Wildman–Crippen MR) is 85.6 cm³/mol. The second kappa shape index (κ2) is 5.48. The van der Waals surface area contributed by atoms with E-state index in [4.69, 9.17) is 4.74 Å². The zero-order chi connectivity index (χ0) is 15.2. The minimum absolute atomic E-state index is 0.0986. The summed E-state index contributed by atoms with van der Waals surface area (Å²) in [6, 6.07) is 1.02. The van der Waals surface area contributed by atoms with E-state index in [0.717, 1.165) is 45.4 Å². The summed E-state index contributed by atoms with van der Waals surface area (Å²) >= 11 is 0. The minimum atomic E-state index is -0.110. The largest absolute Gasteiger partial charge is 0.375 e. The third-order valence-corrected chi connectivity index (χ3v) is 6.97. The van der Waals surface area contributed by atoms with Crippen LogP contribution in [0.15, 0.2) is 0 Å². The first-order valence-electron chi connectivity index (χ1n) is 9.37. The maximum atomic E-state index is 13.3. The molecule has 4 fully saturated rings. The maximum absolute atomic E-state index is 13.3.